The van der Waals surface area contributed by atoms with Crippen molar-refractivity contribution < 1.29 is 9.90 Å². The fraction of sp³-hybridized carbons (Fsp3) is 0.435. The number of benzene rings is 2. The molecule has 26 heavy (non-hydrogen) atoms. The topological polar surface area (TPSA) is 49.3 Å². The van der Waals surface area contributed by atoms with Gasteiger partial charge in [0.05, 0.1) is 17.3 Å². The standard InChI is InChI=1S/C23H25NO2/c1-2-13-6-8-14(9-7-13)21-20-16-11-10-15(12-16)19(20)17-4-3-5-18(23(25)26)22(17)24-21/h3-9,15-16,19-21,24H,2,10-12H2,1H3,(H,25,26)/t15-,16+,19+,20+,21-/m0/s1. The molecule has 0 spiro atoms. The van der Waals surface area contributed by atoms with Crippen LogP contribution in [0.1, 0.15) is 65.2 Å². The van der Waals surface area contributed by atoms with Gasteiger partial charge in [-0.25, -0.2) is 4.79 Å². The summed E-state index contributed by atoms with van der Waals surface area (Å²) in [5, 5.41) is 13.4. The zero-order valence-electron chi connectivity index (χ0n) is 15.1. The molecule has 2 fully saturated rings. The molecule has 5 atom stereocenters. The Kier molecular flexibility index (Phi) is 3.59. The van der Waals surface area contributed by atoms with Crippen LogP contribution in [0.3, 0.4) is 0 Å². The van der Waals surface area contributed by atoms with Crippen molar-refractivity contribution in [1.29, 1.82) is 0 Å². The highest BCUT2D eigenvalue weighted by atomic mass is 16.4. The first-order chi connectivity index (χ1) is 12.7. The number of rotatable bonds is 3. The number of carboxylic acid groups (broad SMARTS) is 1. The Morgan fingerprint density at radius 3 is 2.62 bits per heavy atom. The van der Waals surface area contributed by atoms with Crippen LogP contribution in [-0.2, 0) is 6.42 Å². The van der Waals surface area contributed by atoms with Gasteiger partial charge >= 0.3 is 5.97 Å². The second kappa shape index (κ2) is 5.87. The Hall–Kier alpha value is -2.29. The van der Waals surface area contributed by atoms with Crippen molar-refractivity contribution in [3.63, 3.8) is 0 Å². The van der Waals surface area contributed by atoms with E-state index in [9.17, 15) is 9.90 Å². The molecule has 2 aliphatic carbocycles. The largest absolute Gasteiger partial charge is 0.478 e. The van der Waals surface area contributed by atoms with Gasteiger partial charge in [-0.05, 0) is 72.1 Å². The molecule has 2 bridgehead atoms. The Morgan fingerprint density at radius 1 is 1.12 bits per heavy atom. The van der Waals surface area contributed by atoms with E-state index in [-0.39, 0.29) is 6.04 Å². The summed E-state index contributed by atoms with van der Waals surface area (Å²) in [6, 6.07) is 15.0. The minimum atomic E-state index is -0.837. The number of para-hydroxylation sites is 1. The number of carbonyl (C=O) groups is 1. The molecule has 0 aromatic heterocycles. The van der Waals surface area contributed by atoms with Crippen LogP contribution >= 0.6 is 0 Å². The van der Waals surface area contributed by atoms with E-state index in [1.807, 2.05) is 6.07 Å². The van der Waals surface area contributed by atoms with Crippen LogP contribution in [-0.4, -0.2) is 11.1 Å². The third-order valence-corrected chi connectivity index (χ3v) is 7.10. The van der Waals surface area contributed by atoms with E-state index >= 15 is 0 Å². The minimum Gasteiger partial charge on any atom is -0.478 e. The fourth-order valence-electron chi connectivity index (χ4n) is 5.98. The summed E-state index contributed by atoms with van der Waals surface area (Å²) in [4.78, 5) is 11.8. The highest BCUT2D eigenvalue weighted by Crippen LogP contribution is 2.63. The molecule has 2 N–H and O–H groups in total. The quantitative estimate of drug-likeness (QED) is 0.798. The van der Waals surface area contributed by atoms with Gasteiger partial charge in [-0.3, -0.25) is 0 Å². The Labute approximate surface area is 154 Å². The first-order valence-corrected chi connectivity index (χ1v) is 9.89. The van der Waals surface area contributed by atoms with Crippen LogP contribution in [0.25, 0.3) is 0 Å². The zero-order chi connectivity index (χ0) is 17.8. The molecule has 1 aliphatic heterocycles. The lowest BCUT2D eigenvalue weighted by molar-refractivity contribution is 0.0697. The summed E-state index contributed by atoms with van der Waals surface area (Å²) in [6.07, 6.45) is 4.97. The van der Waals surface area contributed by atoms with E-state index in [2.05, 4.69) is 42.6 Å². The molecule has 3 aliphatic rings. The average molecular weight is 347 g/mol. The lowest BCUT2D eigenvalue weighted by atomic mass is 9.67. The predicted octanol–water partition coefficient (Wildman–Crippen LogP) is 5.24. The van der Waals surface area contributed by atoms with Crippen molar-refractivity contribution in [2.24, 2.45) is 17.8 Å². The molecule has 0 unspecified atom stereocenters. The summed E-state index contributed by atoms with van der Waals surface area (Å²) >= 11 is 0. The first-order valence-electron chi connectivity index (χ1n) is 9.89. The average Bonchev–Trinajstić information content (AvgIpc) is 3.29. The van der Waals surface area contributed by atoms with E-state index in [1.54, 1.807) is 6.07 Å². The molecule has 1 heterocycles. The van der Waals surface area contributed by atoms with Crippen molar-refractivity contribution >= 4 is 11.7 Å². The number of aromatic carboxylic acids is 1. The van der Waals surface area contributed by atoms with Gasteiger partial charge in [0.2, 0.25) is 0 Å². The summed E-state index contributed by atoms with van der Waals surface area (Å²) in [5.74, 6) is 1.72. The Balaban J connectivity index is 1.64. The summed E-state index contributed by atoms with van der Waals surface area (Å²) in [6.45, 7) is 2.18. The van der Waals surface area contributed by atoms with Crippen LogP contribution in [0.4, 0.5) is 5.69 Å². The van der Waals surface area contributed by atoms with Crippen molar-refractivity contribution in [3.8, 4) is 0 Å². The maximum atomic E-state index is 11.8. The molecule has 5 rings (SSSR count). The SMILES string of the molecule is CCc1ccc([C@@H]2Nc3c(C(=O)O)cccc3[C@H]3[C@H]4CC[C@H](C4)[C@H]32)cc1. The van der Waals surface area contributed by atoms with Gasteiger partial charge in [-0.2, -0.15) is 0 Å². The predicted molar refractivity (Wildman–Crippen MR) is 103 cm³/mol. The Bertz CT molecular complexity index is 857. The van der Waals surface area contributed by atoms with Gasteiger partial charge in [-0.15, -0.1) is 0 Å². The maximum Gasteiger partial charge on any atom is 0.337 e. The second-order valence-corrected chi connectivity index (χ2v) is 8.23. The summed E-state index contributed by atoms with van der Waals surface area (Å²) in [5.41, 5.74) is 5.16. The van der Waals surface area contributed by atoms with E-state index in [0.29, 0.717) is 23.3 Å². The van der Waals surface area contributed by atoms with Crippen molar-refractivity contribution in [1.82, 2.24) is 0 Å². The van der Waals surface area contributed by atoms with Crippen molar-refractivity contribution in [3.05, 3.63) is 64.7 Å². The molecule has 3 heteroatoms. The number of carboxylic acids is 1. The number of fused-ring (bicyclic) bond motifs is 7. The van der Waals surface area contributed by atoms with Crippen LogP contribution < -0.4 is 5.32 Å². The smallest absolute Gasteiger partial charge is 0.337 e. The van der Waals surface area contributed by atoms with E-state index in [1.165, 1.54) is 36.0 Å². The molecule has 3 nitrogen and oxygen atoms in total. The van der Waals surface area contributed by atoms with Gasteiger partial charge in [0.1, 0.15) is 0 Å². The Morgan fingerprint density at radius 2 is 1.88 bits per heavy atom. The summed E-state index contributed by atoms with van der Waals surface area (Å²) in [7, 11) is 0. The molecule has 0 saturated heterocycles. The fourth-order valence-corrected chi connectivity index (χ4v) is 5.98. The van der Waals surface area contributed by atoms with Crippen LogP contribution in [0.15, 0.2) is 42.5 Å². The minimum absolute atomic E-state index is 0.217. The number of hydrogen-bond donors (Lipinski definition) is 2. The second-order valence-electron chi connectivity index (χ2n) is 8.23. The maximum absolute atomic E-state index is 11.8. The first kappa shape index (κ1) is 15.9. The van der Waals surface area contributed by atoms with Crippen LogP contribution in [0, 0.1) is 17.8 Å². The van der Waals surface area contributed by atoms with E-state index in [0.717, 1.165) is 18.0 Å². The zero-order valence-corrected chi connectivity index (χ0v) is 15.1. The van der Waals surface area contributed by atoms with E-state index < -0.39 is 5.97 Å². The molecular weight excluding hydrogens is 322 g/mol. The molecule has 0 radical (unpaired) electrons. The number of nitrogens with one attached hydrogen (secondary N) is 1. The monoisotopic (exact) mass is 347 g/mol. The summed E-state index contributed by atoms with van der Waals surface area (Å²) < 4.78 is 0. The van der Waals surface area contributed by atoms with Crippen molar-refractivity contribution in [2.45, 2.75) is 44.6 Å². The van der Waals surface area contributed by atoms with Gasteiger partial charge in [0.15, 0.2) is 0 Å². The molecule has 0 amide bonds. The number of anilines is 1. The third-order valence-electron chi connectivity index (χ3n) is 7.10. The molecule has 134 valence electrons. The normalized spacial score (nSPS) is 31.2. The molecular formula is C23H25NO2. The number of hydrogen-bond acceptors (Lipinski definition) is 2. The molecule has 2 aromatic rings. The van der Waals surface area contributed by atoms with Gasteiger partial charge in [0.25, 0.3) is 0 Å². The van der Waals surface area contributed by atoms with Gasteiger partial charge < -0.3 is 10.4 Å². The molecule has 2 saturated carbocycles. The highest BCUT2D eigenvalue weighted by Gasteiger charge is 2.54. The number of aryl methyl sites for hydroxylation is 1. The molecule has 2 aromatic carbocycles. The van der Waals surface area contributed by atoms with Crippen molar-refractivity contribution in [2.75, 3.05) is 5.32 Å². The van der Waals surface area contributed by atoms with E-state index in [4.69, 9.17) is 0 Å². The van der Waals surface area contributed by atoms with Gasteiger partial charge in [-0.1, -0.05) is 43.3 Å². The van der Waals surface area contributed by atoms with Gasteiger partial charge in [0, 0.05) is 0 Å². The third kappa shape index (κ3) is 2.22. The highest BCUT2D eigenvalue weighted by molar-refractivity contribution is 5.95. The lowest BCUT2D eigenvalue weighted by Gasteiger charge is -2.44. The van der Waals surface area contributed by atoms with Crippen LogP contribution in [0.5, 0.6) is 0 Å². The van der Waals surface area contributed by atoms with Crippen LogP contribution in [0.2, 0.25) is 0 Å². The lowest BCUT2D eigenvalue weighted by Crippen LogP contribution is -2.36.